The molecule has 0 aromatic heterocycles. The number of carboxylic acids is 1. The lowest BCUT2D eigenvalue weighted by Gasteiger charge is -2.18. The summed E-state index contributed by atoms with van der Waals surface area (Å²) >= 11 is 0. The number of hydrogen-bond donors (Lipinski definition) is 2. The summed E-state index contributed by atoms with van der Waals surface area (Å²) in [4.78, 5) is 21.0. The molecule has 0 radical (unpaired) electrons. The standard InChI is InChI=1S/C6H9NO4/c1-6(2)3(4(8)9)11-5(10)7-6/h3H,1-2H3,(H,7,10)(H,8,9). The van der Waals surface area contributed by atoms with E-state index in [9.17, 15) is 9.59 Å². The van der Waals surface area contributed by atoms with Crippen molar-refractivity contribution in [3.05, 3.63) is 0 Å². The second kappa shape index (κ2) is 2.11. The molecule has 1 heterocycles. The molecule has 1 fully saturated rings. The summed E-state index contributed by atoms with van der Waals surface area (Å²) < 4.78 is 4.49. The highest BCUT2D eigenvalue weighted by molar-refractivity contribution is 5.83. The van der Waals surface area contributed by atoms with Crippen LogP contribution in [0.3, 0.4) is 0 Å². The van der Waals surface area contributed by atoms with E-state index in [1.54, 1.807) is 13.8 Å². The first-order valence-electron chi connectivity index (χ1n) is 3.15. The van der Waals surface area contributed by atoms with Gasteiger partial charge in [-0.2, -0.15) is 0 Å². The average molecular weight is 159 g/mol. The Labute approximate surface area is 63.3 Å². The summed E-state index contributed by atoms with van der Waals surface area (Å²) in [5.74, 6) is -1.13. The highest BCUT2D eigenvalue weighted by Crippen LogP contribution is 2.19. The maximum atomic E-state index is 10.6. The van der Waals surface area contributed by atoms with E-state index in [4.69, 9.17) is 5.11 Å². The van der Waals surface area contributed by atoms with Gasteiger partial charge in [0.15, 0.2) is 0 Å². The van der Waals surface area contributed by atoms with Crippen LogP contribution in [-0.4, -0.2) is 28.8 Å². The lowest BCUT2D eigenvalue weighted by atomic mass is 9.99. The van der Waals surface area contributed by atoms with Gasteiger partial charge >= 0.3 is 12.1 Å². The zero-order valence-electron chi connectivity index (χ0n) is 6.25. The van der Waals surface area contributed by atoms with Crippen molar-refractivity contribution in [2.45, 2.75) is 25.5 Å². The van der Waals surface area contributed by atoms with Crippen LogP contribution in [-0.2, 0) is 9.53 Å². The number of rotatable bonds is 1. The van der Waals surface area contributed by atoms with Gasteiger partial charge in [-0.1, -0.05) is 0 Å². The van der Waals surface area contributed by atoms with E-state index in [-0.39, 0.29) is 0 Å². The number of amides is 1. The Balaban J connectivity index is 2.82. The molecule has 1 saturated heterocycles. The maximum Gasteiger partial charge on any atom is 0.408 e. The maximum absolute atomic E-state index is 10.6. The van der Waals surface area contributed by atoms with Crippen molar-refractivity contribution >= 4 is 12.1 Å². The predicted octanol–water partition coefficient (Wildman–Crippen LogP) is -0.0420. The number of carbonyl (C=O) groups excluding carboxylic acids is 1. The van der Waals surface area contributed by atoms with Crippen LogP contribution in [0.5, 0.6) is 0 Å². The number of carbonyl (C=O) groups is 2. The number of ether oxygens (including phenoxy) is 1. The minimum absolute atomic E-state index is 0.678. The van der Waals surface area contributed by atoms with E-state index in [2.05, 4.69) is 10.1 Å². The zero-order chi connectivity index (χ0) is 8.65. The van der Waals surface area contributed by atoms with Crippen molar-refractivity contribution in [3.63, 3.8) is 0 Å². The fourth-order valence-electron chi connectivity index (χ4n) is 0.972. The number of carboxylic acid groups (broad SMARTS) is 1. The summed E-state index contributed by atoms with van der Waals surface area (Å²) in [7, 11) is 0. The van der Waals surface area contributed by atoms with Gasteiger partial charge in [-0.3, -0.25) is 0 Å². The van der Waals surface area contributed by atoms with Gasteiger partial charge in [-0.05, 0) is 13.8 Å². The average Bonchev–Trinajstić information content (AvgIpc) is 2.04. The van der Waals surface area contributed by atoms with Crippen molar-refractivity contribution in [2.24, 2.45) is 0 Å². The van der Waals surface area contributed by atoms with E-state index < -0.39 is 23.7 Å². The van der Waals surface area contributed by atoms with Crippen molar-refractivity contribution in [2.75, 3.05) is 0 Å². The van der Waals surface area contributed by atoms with Gasteiger partial charge in [-0.25, -0.2) is 9.59 Å². The van der Waals surface area contributed by atoms with Crippen LogP contribution in [0.4, 0.5) is 4.79 Å². The van der Waals surface area contributed by atoms with Crippen LogP contribution in [0.1, 0.15) is 13.8 Å². The summed E-state index contributed by atoms with van der Waals surface area (Å²) in [6.07, 6.45) is -1.77. The van der Waals surface area contributed by atoms with Gasteiger partial charge in [0, 0.05) is 0 Å². The number of aliphatic carboxylic acids is 1. The normalized spacial score (nSPS) is 27.5. The van der Waals surface area contributed by atoms with Crippen LogP contribution in [0.25, 0.3) is 0 Å². The molecule has 1 atom stereocenters. The third kappa shape index (κ3) is 1.26. The summed E-state index contributed by atoms with van der Waals surface area (Å²) in [5.41, 5.74) is -0.817. The first-order valence-corrected chi connectivity index (χ1v) is 3.15. The molecule has 0 aromatic rings. The van der Waals surface area contributed by atoms with Gasteiger partial charge in [-0.15, -0.1) is 0 Å². The Morgan fingerprint density at radius 3 is 2.45 bits per heavy atom. The Kier molecular flexibility index (Phi) is 1.51. The number of hydrogen-bond acceptors (Lipinski definition) is 3. The molecule has 0 saturated carbocycles. The predicted molar refractivity (Wildman–Crippen MR) is 35.1 cm³/mol. The first-order chi connectivity index (χ1) is 4.93. The summed E-state index contributed by atoms with van der Waals surface area (Å²) in [6, 6.07) is 0. The minimum Gasteiger partial charge on any atom is -0.478 e. The number of alkyl carbamates (subject to hydrolysis) is 1. The Morgan fingerprint density at radius 2 is 2.27 bits per heavy atom. The van der Waals surface area contributed by atoms with Gasteiger partial charge in [0.1, 0.15) is 0 Å². The fraction of sp³-hybridized carbons (Fsp3) is 0.667. The molecule has 0 bridgehead atoms. The summed E-state index contributed by atoms with van der Waals surface area (Å²) in [5, 5.41) is 10.9. The fourth-order valence-corrected chi connectivity index (χ4v) is 0.972. The van der Waals surface area contributed by atoms with Crippen LogP contribution in [0.2, 0.25) is 0 Å². The quantitative estimate of drug-likeness (QED) is 0.562. The van der Waals surface area contributed by atoms with Crippen LogP contribution >= 0.6 is 0 Å². The van der Waals surface area contributed by atoms with Crippen molar-refractivity contribution in [1.29, 1.82) is 0 Å². The van der Waals surface area contributed by atoms with Gasteiger partial charge in [0.2, 0.25) is 6.10 Å². The molecule has 1 rings (SSSR count). The lowest BCUT2D eigenvalue weighted by Crippen LogP contribution is -2.46. The third-order valence-corrected chi connectivity index (χ3v) is 1.53. The molecular weight excluding hydrogens is 150 g/mol. The van der Waals surface area contributed by atoms with Crippen LogP contribution in [0.15, 0.2) is 0 Å². The second-order valence-corrected chi connectivity index (χ2v) is 2.97. The third-order valence-electron chi connectivity index (χ3n) is 1.53. The van der Waals surface area contributed by atoms with Crippen molar-refractivity contribution in [3.8, 4) is 0 Å². The molecule has 11 heavy (non-hydrogen) atoms. The Hall–Kier alpha value is -1.26. The van der Waals surface area contributed by atoms with Crippen molar-refractivity contribution in [1.82, 2.24) is 5.32 Å². The number of cyclic esters (lactones) is 1. The highest BCUT2D eigenvalue weighted by Gasteiger charge is 2.45. The molecule has 0 aliphatic carbocycles. The van der Waals surface area contributed by atoms with Gasteiger partial charge in [0.05, 0.1) is 5.54 Å². The second-order valence-electron chi connectivity index (χ2n) is 2.97. The number of nitrogens with one attached hydrogen (secondary N) is 1. The minimum atomic E-state index is -1.13. The lowest BCUT2D eigenvalue weighted by molar-refractivity contribution is -0.147. The van der Waals surface area contributed by atoms with E-state index in [1.807, 2.05) is 0 Å². The Morgan fingerprint density at radius 1 is 1.73 bits per heavy atom. The van der Waals surface area contributed by atoms with Crippen molar-refractivity contribution < 1.29 is 19.4 Å². The topological polar surface area (TPSA) is 75.6 Å². The monoisotopic (exact) mass is 159 g/mol. The van der Waals surface area contributed by atoms with Gasteiger partial charge in [0.25, 0.3) is 0 Å². The van der Waals surface area contributed by atoms with Crippen LogP contribution < -0.4 is 5.32 Å². The molecule has 0 spiro atoms. The molecule has 62 valence electrons. The largest absolute Gasteiger partial charge is 0.478 e. The van der Waals surface area contributed by atoms with E-state index in [0.29, 0.717) is 0 Å². The molecule has 1 aliphatic heterocycles. The molecule has 2 N–H and O–H groups in total. The highest BCUT2D eigenvalue weighted by atomic mass is 16.6. The SMILES string of the molecule is CC1(C)NC(=O)OC1C(=O)O. The molecule has 1 aliphatic rings. The smallest absolute Gasteiger partial charge is 0.408 e. The van der Waals surface area contributed by atoms with E-state index in [0.717, 1.165) is 0 Å². The molecule has 5 nitrogen and oxygen atoms in total. The first kappa shape index (κ1) is 7.84. The van der Waals surface area contributed by atoms with E-state index >= 15 is 0 Å². The summed E-state index contributed by atoms with van der Waals surface area (Å²) in [6.45, 7) is 3.19. The molecule has 5 heteroatoms. The molecule has 1 amide bonds. The Bertz CT molecular complexity index is 211. The van der Waals surface area contributed by atoms with Gasteiger partial charge < -0.3 is 15.2 Å². The van der Waals surface area contributed by atoms with E-state index in [1.165, 1.54) is 0 Å². The molecule has 1 unspecified atom stereocenters. The zero-order valence-corrected chi connectivity index (χ0v) is 6.25. The molecular formula is C6H9NO4. The molecule has 0 aromatic carbocycles. The van der Waals surface area contributed by atoms with Crippen LogP contribution in [0, 0.1) is 0 Å².